The Kier molecular flexibility index (Phi) is 3.16. The number of allylic oxidation sites excluding steroid dienone is 2. The highest BCUT2D eigenvalue weighted by Gasteiger charge is 2.34. The van der Waals surface area contributed by atoms with Crippen molar-refractivity contribution in [2.75, 3.05) is 0 Å². The average molecular weight is 152 g/mol. The second-order valence-corrected chi connectivity index (χ2v) is 3.93. The molecule has 1 aliphatic rings. The fourth-order valence-electron chi connectivity index (χ4n) is 1.71. The summed E-state index contributed by atoms with van der Waals surface area (Å²) in [6.07, 6.45) is 8.81. The van der Waals surface area contributed by atoms with Crippen molar-refractivity contribution < 1.29 is 0 Å². The van der Waals surface area contributed by atoms with Crippen molar-refractivity contribution in [1.29, 1.82) is 0 Å². The lowest BCUT2D eigenvalue weighted by Gasteiger charge is -2.05. The van der Waals surface area contributed by atoms with Gasteiger partial charge in [-0.25, -0.2) is 0 Å². The van der Waals surface area contributed by atoms with Crippen molar-refractivity contribution in [3.05, 3.63) is 12.2 Å². The Hall–Kier alpha value is -0.260. The molecule has 64 valence electrons. The normalized spacial score (nSPS) is 32.6. The Morgan fingerprint density at radius 1 is 1.55 bits per heavy atom. The van der Waals surface area contributed by atoms with Crippen molar-refractivity contribution in [3.8, 4) is 0 Å². The number of hydrogen-bond donors (Lipinski definition) is 0. The Morgan fingerprint density at radius 3 is 2.82 bits per heavy atom. The summed E-state index contributed by atoms with van der Waals surface area (Å²) in [5.41, 5.74) is 0. The molecule has 1 aliphatic carbocycles. The molecular formula is C11H20. The van der Waals surface area contributed by atoms with Crippen LogP contribution in [0.2, 0.25) is 0 Å². The first-order valence-electron chi connectivity index (χ1n) is 4.90. The summed E-state index contributed by atoms with van der Waals surface area (Å²) >= 11 is 0. The van der Waals surface area contributed by atoms with Gasteiger partial charge in [0.25, 0.3) is 0 Å². The van der Waals surface area contributed by atoms with E-state index in [1.807, 2.05) is 0 Å². The molecule has 0 N–H and O–H groups in total. The highest BCUT2D eigenvalue weighted by molar-refractivity contribution is 5.00. The third-order valence-electron chi connectivity index (χ3n) is 2.82. The molecule has 0 saturated heterocycles. The summed E-state index contributed by atoms with van der Waals surface area (Å²) in [7, 11) is 0. The molecule has 0 amide bonds. The molecule has 3 unspecified atom stereocenters. The SMILES string of the molecule is CC=CC1CC1CC(C)CC. The summed E-state index contributed by atoms with van der Waals surface area (Å²) in [6, 6.07) is 0. The van der Waals surface area contributed by atoms with E-state index >= 15 is 0 Å². The van der Waals surface area contributed by atoms with E-state index in [0.717, 1.165) is 17.8 Å². The molecule has 0 radical (unpaired) electrons. The molecule has 1 fully saturated rings. The predicted octanol–water partition coefficient (Wildman–Crippen LogP) is 3.63. The summed E-state index contributed by atoms with van der Waals surface area (Å²) in [5.74, 6) is 2.91. The smallest absolute Gasteiger partial charge is 0.0202 e. The minimum Gasteiger partial charge on any atom is -0.0914 e. The average Bonchev–Trinajstić information content (AvgIpc) is 2.69. The van der Waals surface area contributed by atoms with E-state index in [9.17, 15) is 0 Å². The summed E-state index contributed by atoms with van der Waals surface area (Å²) in [5, 5.41) is 0. The van der Waals surface area contributed by atoms with Crippen LogP contribution in [0, 0.1) is 17.8 Å². The lowest BCUT2D eigenvalue weighted by atomic mass is 10.0. The van der Waals surface area contributed by atoms with E-state index in [1.165, 1.54) is 19.3 Å². The maximum Gasteiger partial charge on any atom is -0.0202 e. The maximum absolute atomic E-state index is 2.37. The standard InChI is InChI=1S/C11H20/c1-4-6-10-8-11(10)7-9(3)5-2/h4,6,9-11H,5,7-8H2,1-3H3. The van der Waals surface area contributed by atoms with Crippen LogP contribution in [0.1, 0.15) is 40.0 Å². The molecule has 0 aromatic carbocycles. The molecule has 0 heteroatoms. The predicted molar refractivity (Wildman–Crippen MR) is 50.5 cm³/mol. The van der Waals surface area contributed by atoms with Gasteiger partial charge in [-0.2, -0.15) is 0 Å². The summed E-state index contributed by atoms with van der Waals surface area (Å²) in [6.45, 7) is 6.78. The van der Waals surface area contributed by atoms with Crippen LogP contribution in [0.5, 0.6) is 0 Å². The van der Waals surface area contributed by atoms with Gasteiger partial charge in [-0.3, -0.25) is 0 Å². The van der Waals surface area contributed by atoms with Crippen molar-refractivity contribution in [2.45, 2.75) is 40.0 Å². The fourth-order valence-corrected chi connectivity index (χ4v) is 1.71. The van der Waals surface area contributed by atoms with Crippen LogP contribution < -0.4 is 0 Å². The first-order valence-corrected chi connectivity index (χ1v) is 4.90. The highest BCUT2D eigenvalue weighted by atomic mass is 14.4. The first-order chi connectivity index (χ1) is 5.27. The van der Waals surface area contributed by atoms with Gasteiger partial charge in [0, 0.05) is 0 Å². The van der Waals surface area contributed by atoms with Gasteiger partial charge in [-0.1, -0.05) is 32.4 Å². The second-order valence-electron chi connectivity index (χ2n) is 3.93. The van der Waals surface area contributed by atoms with Gasteiger partial charge in [0.2, 0.25) is 0 Å². The van der Waals surface area contributed by atoms with Gasteiger partial charge in [-0.05, 0) is 37.5 Å². The van der Waals surface area contributed by atoms with E-state index in [2.05, 4.69) is 32.9 Å². The van der Waals surface area contributed by atoms with Gasteiger partial charge < -0.3 is 0 Å². The first kappa shape index (κ1) is 8.83. The molecule has 1 rings (SSSR count). The minimum atomic E-state index is 0.939. The molecule has 0 nitrogen and oxygen atoms in total. The molecule has 11 heavy (non-hydrogen) atoms. The van der Waals surface area contributed by atoms with Crippen LogP contribution in [0.3, 0.4) is 0 Å². The van der Waals surface area contributed by atoms with Crippen molar-refractivity contribution in [3.63, 3.8) is 0 Å². The lowest BCUT2D eigenvalue weighted by molar-refractivity contribution is 0.473. The second kappa shape index (κ2) is 3.94. The van der Waals surface area contributed by atoms with E-state index in [-0.39, 0.29) is 0 Å². The van der Waals surface area contributed by atoms with Gasteiger partial charge in [0.05, 0.1) is 0 Å². The Bertz CT molecular complexity index is 135. The quantitative estimate of drug-likeness (QED) is 0.539. The molecule has 0 aromatic heterocycles. The van der Waals surface area contributed by atoms with Crippen LogP contribution in [0.25, 0.3) is 0 Å². The van der Waals surface area contributed by atoms with E-state index in [4.69, 9.17) is 0 Å². The lowest BCUT2D eigenvalue weighted by Crippen LogP contribution is -1.93. The Labute approximate surface area is 70.7 Å². The summed E-state index contributed by atoms with van der Waals surface area (Å²) in [4.78, 5) is 0. The molecule has 0 spiro atoms. The molecule has 3 atom stereocenters. The van der Waals surface area contributed by atoms with Gasteiger partial charge in [0.1, 0.15) is 0 Å². The molecule has 0 aliphatic heterocycles. The van der Waals surface area contributed by atoms with Crippen LogP contribution in [0.4, 0.5) is 0 Å². The summed E-state index contributed by atoms with van der Waals surface area (Å²) < 4.78 is 0. The van der Waals surface area contributed by atoms with Crippen LogP contribution in [0.15, 0.2) is 12.2 Å². The zero-order valence-corrected chi connectivity index (χ0v) is 8.01. The zero-order chi connectivity index (χ0) is 8.27. The highest BCUT2D eigenvalue weighted by Crippen LogP contribution is 2.44. The number of rotatable bonds is 4. The zero-order valence-electron chi connectivity index (χ0n) is 8.01. The van der Waals surface area contributed by atoms with E-state index in [1.54, 1.807) is 0 Å². The third-order valence-corrected chi connectivity index (χ3v) is 2.82. The van der Waals surface area contributed by atoms with Gasteiger partial charge in [-0.15, -0.1) is 0 Å². The Balaban J connectivity index is 2.13. The molecular weight excluding hydrogens is 132 g/mol. The molecule has 0 aromatic rings. The monoisotopic (exact) mass is 152 g/mol. The largest absolute Gasteiger partial charge is 0.0914 e. The molecule has 0 bridgehead atoms. The van der Waals surface area contributed by atoms with Gasteiger partial charge in [0.15, 0.2) is 0 Å². The van der Waals surface area contributed by atoms with Gasteiger partial charge >= 0.3 is 0 Å². The van der Waals surface area contributed by atoms with Crippen LogP contribution in [-0.2, 0) is 0 Å². The minimum absolute atomic E-state index is 0.939. The van der Waals surface area contributed by atoms with E-state index < -0.39 is 0 Å². The van der Waals surface area contributed by atoms with E-state index in [0.29, 0.717) is 0 Å². The third kappa shape index (κ3) is 2.69. The molecule has 1 saturated carbocycles. The van der Waals surface area contributed by atoms with Crippen molar-refractivity contribution >= 4 is 0 Å². The number of hydrogen-bond acceptors (Lipinski definition) is 0. The molecule has 0 heterocycles. The van der Waals surface area contributed by atoms with Crippen molar-refractivity contribution in [2.24, 2.45) is 17.8 Å². The van der Waals surface area contributed by atoms with Crippen LogP contribution >= 0.6 is 0 Å². The fraction of sp³-hybridized carbons (Fsp3) is 0.818. The topological polar surface area (TPSA) is 0 Å². The van der Waals surface area contributed by atoms with Crippen LogP contribution in [-0.4, -0.2) is 0 Å². The maximum atomic E-state index is 2.37. The Morgan fingerprint density at radius 2 is 2.27 bits per heavy atom. The van der Waals surface area contributed by atoms with Crippen molar-refractivity contribution in [1.82, 2.24) is 0 Å².